The SMILES string of the molecule is C=CC.C=CC.C=CC.C=CCC.CCCCCCC(=O)OC. The van der Waals surface area contributed by atoms with Gasteiger partial charge in [-0.2, -0.15) is 0 Å². The zero-order valence-corrected chi connectivity index (χ0v) is 16.7. The normalized spacial score (nSPS) is 6.87. The van der Waals surface area contributed by atoms with Crippen LogP contribution in [0.1, 0.15) is 73.1 Å². The van der Waals surface area contributed by atoms with Gasteiger partial charge in [-0.3, -0.25) is 4.79 Å². The van der Waals surface area contributed by atoms with Crippen molar-refractivity contribution in [2.75, 3.05) is 7.11 Å². The molecule has 0 radical (unpaired) electrons. The molecule has 0 aliphatic carbocycles. The number of carbonyl (C=O) groups is 1. The molecule has 0 heterocycles. The Labute approximate surface area is 147 Å². The molecule has 0 bridgehead atoms. The number of carbonyl (C=O) groups excluding carboxylic acids is 1. The summed E-state index contributed by atoms with van der Waals surface area (Å²) in [5, 5.41) is 0. The number of rotatable bonds is 6. The summed E-state index contributed by atoms with van der Waals surface area (Å²) in [6.45, 7) is 23.4. The molecular formula is C21H42O2. The third-order valence-electron chi connectivity index (χ3n) is 1.75. The second kappa shape index (κ2) is 49.9. The Balaban J connectivity index is -0.0000000690. The fourth-order valence-corrected chi connectivity index (χ4v) is 0.798. The molecule has 0 saturated heterocycles. The molecule has 0 fully saturated rings. The highest BCUT2D eigenvalue weighted by Crippen LogP contribution is 2.02. The summed E-state index contributed by atoms with van der Waals surface area (Å²) in [5.74, 6) is -0.0869. The Morgan fingerprint density at radius 2 is 1.22 bits per heavy atom. The maximum atomic E-state index is 10.6. The van der Waals surface area contributed by atoms with E-state index in [0.717, 1.165) is 19.3 Å². The van der Waals surface area contributed by atoms with Gasteiger partial charge in [-0.05, 0) is 33.6 Å². The summed E-state index contributed by atoms with van der Waals surface area (Å²) in [6.07, 6.45) is 13.3. The lowest BCUT2D eigenvalue weighted by atomic mass is 10.2. The predicted molar refractivity (Wildman–Crippen MR) is 109 cm³/mol. The number of esters is 1. The van der Waals surface area contributed by atoms with E-state index in [-0.39, 0.29) is 5.97 Å². The summed E-state index contributed by atoms with van der Waals surface area (Å²) in [6, 6.07) is 0. The van der Waals surface area contributed by atoms with Gasteiger partial charge in [-0.1, -0.05) is 57.4 Å². The lowest BCUT2D eigenvalue weighted by Crippen LogP contribution is -1.98. The van der Waals surface area contributed by atoms with Crippen LogP contribution in [0, 0.1) is 0 Å². The number of allylic oxidation sites excluding steroid dienone is 4. The molecule has 23 heavy (non-hydrogen) atoms. The first kappa shape index (κ1) is 33.1. The minimum absolute atomic E-state index is 0.0869. The van der Waals surface area contributed by atoms with Crippen molar-refractivity contribution in [2.24, 2.45) is 0 Å². The molecule has 138 valence electrons. The lowest BCUT2D eigenvalue weighted by Gasteiger charge is -1.97. The fourth-order valence-electron chi connectivity index (χ4n) is 0.798. The number of hydrogen-bond acceptors (Lipinski definition) is 2. The van der Waals surface area contributed by atoms with Gasteiger partial charge in [0.1, 0.15) is 0 Å². The average Bonchev–Trinajstić information content (AvgIpc) is 2.54. The monoisotopic (exact) mass is 326 g/mol. The maximum absolute atomic E-state index is 10.6. The Morgan fingerprint density at radius 1 is 0.870 bits per heavy atom. The topological polar surface area (TPSA) is 26.3 Å². The highest BCUT2D eigenvalue weighted by molar-refractivity contribution is 5.68. The van der Waals surface area contributed by atoms with E-state index in [9.17, 15) is 4.79 Å². The van der Waals surface area contributed by atoms with Crippen molar-refractivity contribution in [1.29, 1.82) is 0 Å². The van der Waals surface area contributed by atoms with E-state index in [1.165, 1.54) is 20.0 Å². The first-order valence-corrected chi connectivity index (χ1v) is 8.36. The molecule has 0 aliphatic rings. The second-order valence-corrected chi connectivity index (χ2v) is 4.31. The minimum atomic E-state index is -0.0869. The third-order valence-corrected chi connectivity index (χ3v) is 1.75. The van der Waals surface area contributed by atoms with E-state index in [0.29, 0.717) is 6.42 Å². The van der Waals surface area contributed by atoms with Gasteiger partial charge in [0, 0.05) is 6.42 Å². The standard InChI is InChI=1S/C8H16O2.C4H8.3C3H6/c1-3-4-5-6-7-8(9)10-2;1-3-4-2;3*1-3-2/h3-7H2,1-2H3;3H,1,4H2,2H3;3*3H,1H2,2H3. The number of unbranched alkanes of at least 4 members (excludes halogenated alkanes) is 3. The van der Waals surface area contributed by atoms with E-state index >= 15 is 0 Å². The van der Waals surface area contributed by atoms with Crippen molar-refractivity contribution in [3.05, 3.63) is 50.6 Å². The van der Waals surface area contributed by atoms with E-state index in [1.807, 2.05) is 26.8 Å². The van der Waals surface area contributed by atoms with Crippen LogP contribution in [0.25, 0.3) is 0 Å². The second-order valence-electron chi connectivity index (χ2n) is 4.31. The molecule has 2 heteroatoms. The highest BCUT2D eigenvalue weighted by atomic mass is 16.5. The zero-order chi connectivity index (χ0) is 19.4. The Hall–Kier alpha value is -1.57. The summed E-state index contributed by atoms with van der Waals surface area (Å²) >= 11 is 0. The summed E-state index contributed by atoms with van der Waals surface area (Å²) in [5.41, 5.74) is 0. The molecule has 0 spiro atoms. The van der Waals surface area contributed by atoms with Gasteiger partial charge in [-0.15, -0.1) is 26.3 Å². The van der Waals surface area contributed by atoms with E-state index in [2.05, 4.69) is 44.9 Å². The van der Waals surface area contributed by atoms with Gasteiger partial charge in [-0.25, -0.2) is 0 Å². The first-order valence-electron chi connectivity index (χ1n) is 8.36. The van der Waals surface area contributed by atoms with Gasteiger partial charge in [0.05, 0.1) is 7.11 Å². The van der Waals surface area contributed by atoms with Crippen LogP contribution in [-0.2, 0) is 9.53 Å². The number of hydrogen-bond donors (Lipinski definition) is 0. The number of ether oxygens (including phenoxy) is 1. The molecule has 0 unspecified atom stereocenters. The molecule has 0 atom stereocenters. The van der Waals surface area contributed by atoms with Crippen molar-refractivity contribution in [3.8, 4) is 0 Å². The van der Waals surface area contributed by atoms with Crippen molar-refractivity contribution >= 4 is 5.97 Å². The molecule has 0 aromatic carbocycles. The fraction of sp³-hybridized carbons (Fsp3) is 0.571. The van der Waals surface area contributed by atoms with Gasteiger partial charge in [0.2, 0.25) is 0 Å². The quantitative estimate of drug-likeness (QED) is 0.291. The molecule has 0 amide bonds. The number of methoxy groups -OCH3 is 1. The molecule has 0 rings (SSSR count). The molecule has 0 aromatic heterocycles. The van der Waals surface area contributed by atoms with E-state index in [1.54, 1.807) is 18.2 Å². The molecule has 0 aliphatic heterocycles. The van der Waals surface area contributed by atoms with E-state index in [4.69, 9.17) is 0 Å². The minimum Gasteiger partial charge on any atom is -0.469 e. The Kier molecular flexibility index (Phi) is 71.9. The van der Waals surface area contributed by atoms with Gasteiger partial charge in [0.25, 0.3) is 0 Å². The van der Waals surface area contributed by atoms with Gasteiger partial charge in [0.15, 0.2) is 0 Å². The largest absolute Gasteiger partial charge is 0.469 e. The van der Waals surface area contributed by atoms with Crippen molar-refractivity contribution in [1.82, 2.24) is 0 Å². The van der Waals surface area contributed by atoms with Crippen LogP contribution < -0.4 is 0 Å². The summed E-state index contributed by atoms with van der Waals surface area (Å²) < 4.78 is 4.49. The van der Waals surface area contributed by atoms with E-state index < -0.39 is 0 Å². The summed E-state index contributed by atoms with van der Waals surface area (Å²) in [7, 11) is 1.43. The van der Waals surface area contributed by atoms with Crippen LogP contribution in [0.5, 0.6) is 0 Å². The predicted octanol–water partition coefficient (Wildman–Crippen LogP) is 7.29. The highest BCUT2D eigenvalue weighted by Gasteiger charge is 1.97. The van der Waals surface area contributed by atoms with Crippen molar-refractivity contribution in [2.45, 2.75) is 73.1 Å². The van der Waals surface area contributed by atoms with Gasteiger partial charge >= 0.3 is 5.97 Å². The van der Waals surface area contributed by atoms with Crippen molar-refractivity contribution in [3.63, 3.8) is 0 Å². The average molecular weight is 327 g/mol. The van der Waals surface area contributed by atoms with Crippen LogP contribution in [0.2, 0.25) is 0 Å². The third kappa shape index (κ3) is 126. The van der Waals surface area contributed by atoms with Gasteiger partial charge < -0.3 is 4.74 Å². The molecule has 0 N–H and O–H groups in total. The Morgan fingerprint density at radius 3 is 1.43 bits per heavy atom. The van der Waals surface area contributed by atoms with Crippen LogP contribution in [0.4, 0.5) is 0 Å². The van der Waals surface area contributed by atoms with Crippen LogP contribution in [-0.4, -0.2) is 13.1 Å². The van der Waals surface area contributed by atoms with Crippen LogP contribution in [0.15, 0.2) is 50.6 Å². The molecule has 2 nitrogen and oxygen atoms in total. The van der Waals surface area contributed by atoms with Crippen LogP contribution >= 0.6 is 0 Å². The molecule has 0 saturated carbocycles. The summed E-state index contributed by atoms with van der Waals surface area (Å²) in [4.78, 5) is 10.6. The zero-order valence-electron chi connectivity index (χ0n) is 16.7. The van der Waals surface area contributed by atoms with Crippen molar-refractivity contribution < 1.29 is 9.53 Å². The molecular weight excluding hydrogens is 284 g/mol. The molecule has 0 aromatic rings. The smallest absolute Gasteiger partial charge is 0.305 e. The first-order chi connectivity index (χ1) is 11.0. The maximum Gasteiger partial charge on any atom is 0.305 e. The lowest BCUT2D eigenvalue weighted by molar-refractivity contribution is -0.140. The Bertz CT molecular complexity index is 216. The van der Waals surface area contributed by atoms with Crippen LogP contribution in [0.3, 0.4) is 0 Å².